The Hall–Kier alpha value is -2.35. The molecule has 23 heavy (non-hydrogen) atoms. The van der Waals surface area contributed by atoms with Gasteiger partial charge in [-0.3, -0.25) is 0 Å². The molecule has 0 radical (unpaired) electrons. The third-order valence-electron chi connectivity index (χ3n) is 3.03. The van der Waals surface area contributed by atoms with E-state index in [-0.39, 0.29) is 5.75 Å². The Balaban J connectivity index is 1.70. The van der Waals surface area contributed by atoms with Gasteiger partial charge in [-0.1, -0.05) is 28.1 Å². The summed E-state index contributed by atoms with van der Waals surface area (Å²) in [6.45, 7) is -2.44. The Labute approximate surface area is 139 Å². The molecule has 0 bridgehead atoms. The van der Waals surface area contributed by atoms with E-state index in [1.165, 1.54) is 16.9 Å². The van der Waals surface area contributed by atoms with Gasteiger partial charge in [0.15, 0.2) is 0 Å². The second-order valence-electron chi connectivity index (χ2n) is 4.67. The molecule has 5 nitrogen and oxygen atoms in total. The second kappa shape index (κ2) is 6.82. The van der Waals surface area contributed by atoms with Crippen molar-refractivity contribution in [3.63, 3.8) is 0 Å². The maximum atomic E-state index is 12.1. The summed E-state index contributed by atoms with van der Waals surface area (Å²) in [7, 11) is 0. The lowest BCUT2D eigenvalue weighted by Gasteiger charge is -2.05. The highest BCUT2D eigenvalue weighted by molar-refractivity contribution is 9.10. The van der Waals surface area contributed by atoms with E-state index in [1.54, 1.807) is 12.1 Å². The zero-order valence-corrected chi connectivity index (χ0v) is 13.3. The van der Waals surface area contributed by atoms with Crippen molar-refractivity contribution in [3.05, 3.63) is 58.6 Å². The molecule has 118 valence electrons. The van der Waals surface area contributed by atoms with Gasteiger partial charge in [-0.25, -0.2) is 0 Å². The molecule has 0 unspecified atom stereocenters. The first-order valence-electron chi connectivity index (χ1n) is 6.67. The van der Waals surface area contributed by atoms with E-state index in [0.717, 1.165) is 15.6 Å². The molecular weight excluding hydrogens is 370 g/mol. The van der Waals surface area contributed by atoms with Crippen molar-refractivity contribution in [2.24, 2.45) is 0 Å². The van der Waals surface area contributed by atoms with Crippen LogP contribution in [-0.4, -0.2) is 26.8 Å². The van der Waals surface area contributed by atoms with Crippen LogP contribution in [0.25, 0.3) is 11.4 Å². The molecule has 0 saturated heterocycles. The zero-order chi connectivity index (χ0) is 16.2. The van der Waals surface area contributed by atoms with Crippen LogP contribution >= 0.6 is 15.9 Å². The Morgan fingerprint density at radius 1 is 1.04 bits per heavy atom. The smallest absolute Gasteiger partial charge is 0.387 e. The van der Waals surface area contributed by atoms with Gasteiger partial charge in [0.2, 0.25) is 5.82 Å². The highest BCUT2D eigenvalue weighted by Crippen LogP contribution is 2.18. The number of hydrogen-bond donors (Lipinski definition) is 0. The summed E-state index contributed by atoms with van der Waals surface area (Å²) < 4.78 is 29.5. The topological polar surface area (TPSA) is 52.8 Å². The van der Waals surface area contributed by atoms with Crippen LogP contribution < -0.4 is 4.74 Å². The number of tetrazole rings is 1. The van der Waals surface area contributed by atoms with Crippen molar-refractivity contribution in [1.29, 1.82) is 0 Å². The van der Waals surface area contributed by atoms with Gasteiger partial charge in [0, 0.05) is 10.0 Å². The molecule has 0 N–H and O–H groups in total. The third-order valence-corrected chi connectivity index (χ3v) is 3.56. The van der Waals surface area contributed by atoms with E-state index in [4.69, 9.17) is 0 Å². The van der Waals surface area contributed by atoms with Crippen LogP contribution in [0.5, 0.6) is 5.75 Å². The molecule has 2 aromatic carbocycles. The van der Waals surface area contributed by atoms with E-state index >= 15 is 0 Å². The van der Waals surface area contributed by atoms with E-state index in [0.29, 0.717) is 12.4 Å². The van der Waals surface area contributed by atoms with Crippen LogP contribution in [-0.2, 0) is 6.54 Å². The maximum absolute atomic E-state index is 12.1. The van der Waals surface area contributed by atoms with E-state index < -0.39 is 6.61 Å². The van der Waals surface area contributed by atoms with Gasteiger partial charge in [0.25, 0.3) is 0 Å². The average molecular weight is 381 g/mol. The number of alkyl halides is 2. The highest BCUT2D eigenvalue weighted by Gasteiger charge is 2.07. The fourth-order valence-corrected chi connectivity index (χ4v) is 2.23. The largest absolute Gasteiger partial charge is 0.435 e. The van der Waals surface area contributed by atoms with Gasteiger partial charge in [0.05, 0.1) is 6.54 Å². The minimum atomic E-state index is -2.83. The van der Waals surface area contributed by atoms with Crippen LogP contribution in [0.3, 0.4) is 0 Å². The minimum absolute atomic E-state index is 0.117. The monoisotopic (exact) mass is 380 g/mol. The van der Waals surface area contributed by atoms with Crippen LogP contribution in [0, 0.1) is 0 Å². The van der Waals surface area contributed by atoms with E-state index in [2.05, 4.69) is 36.1 Å². The van der Waals surface area contributed by atoms with E-state index in [1.807, 2.05) is 24.3 Å². The van der Waals surface area contributed by atoms with Crippen LogP contribution in [0.1, 0.15) is 5.56 Å². The number of hydrogen-bond acceptors (Lipinski definition) is 4. The molecule has 8 heteroatoms. The van der Waals surface area contributed by atoms with Crippen LogP contribution in [0.15, 0.2) is 53.0 Å². The lowest BCUT2D eigenvalue weighted by Crippen LogP contribution is -2.05. The lowest BCUT2D eigenvalue weighted by molar-refractivity contribution is -0.0498. The molecule has 3 rings (SSSR count). The first-order chi connectivity index (χ1) is 11.1. The van der Waals surface area contributed by atoms with Gasteiger partial charge in [0.1, 0.15) is 5.75 Å². The Morgan fingerprint density at radius 2 is 1.74 bits per heavy atom. The predicted molar refractivity (Wildman–Crippen MR) is 83.1 cm³/mol. The van der Waals surface area contributed by atoms with Gasteiger partial charge in [-0.2, -0.15) is 13.6 Å². The standard InChI is InChI=1S/C15H11BrF2N4O/c16-12-5-3-11(4-6-12)14-19-21-22(20-14)9-10-1-7-13(8-2-10)23-15(17)18/h1-8,15H,9H2. The van der Waals surface area contributed by atoms with Crippen molar-refractivity contribution in [3.8, 4) is 17.1 Å². The summed E-state index contributed by atoms with van der Waals surface area (Å²) in [5.41, 5.74) is 1.71. The molecule has 0 aliphatic heterocycles. The quantitative estimate of drug-likeness (QED) is 0.676. The normalized spacial score (nSPS) is 11.0. The molecular formula is C15H11BrF2N4O. The van der Waals surface area contributed by atoms with Gasteiger partial charge in [-0.05, 0) is 47.2 Å². The van der Waals surface area contributed by atoms with E-state index in [9.17, 15) is 8.78 Å². The van der Waals surface area contributed by atoms with Crippen molar-refractivity contribution in [2.45, 2.75) is 13.2 Å². The molecule has 0 aliphatic carbocycles. The number of rotatable bonds is 5. The lowest BCUT2D eigenvalue weighted by atomic mass is 10.2. The van der Waals surface area contributed by atoms with Gasteiger partial charge < -0.3 is 4.74 Å². The van der Waals surface area contributed by atoms with Crippen LogP contribution in [0.2, 0.25) is 0 Å². The molecule has 0 saturated carbocycles. The molecule has 3 aromatic rings. The SMILES string of the molecule is FC(F)Oc1ccc(Cn2nnc(-c3ccc(Br)cc3)n2)cc1. The molecule has 1 aromatic heterocycles. The maximum Gasteiger partial charge on any atom is 0.387 e. The Morgan fingerprint density at radius 3 is 2.39 bits per heavy atom. The number of benzene rings is 2. The van der Waals surface area contributed by atoms with Crippen molar-refractivity contribution in [2.75, 3.05) is 0 Å². The molecule has 0 spiro atoms. The second-order valence-corrected chi connectivity index (χ2v) is 5.59. The minimum Gasteiger partial charge on any atom is -0.435 e. The van der Waals surface area contributed by atoms with Crippen molar-refractivity contribution < 1.29 is 13.5 Å². The van der Waals surface area contributed by atoms with Crippen LogP contribution in [0.4, 0.5) is 8.78 Å². The summed E-state index contributed by atoms with van der Waals surface area (Å²) >= 11 is 3.37. The molecule has 0 aliphatic rings. The highest BCUT2D eigenvalue weighted by atomic mass is 79.9. The summed E-state index contributed by atoms with van der Waals surface area (Å²) in [5, 5.41) is 12.3. The first-order valence-corrected chi connectivity index (χ1v) is 7.47. The zero-order valence-electron chi connectivity index (χ0n) is 11.7. The molecule has 0 amide bonds. The first kappa shape index (κ1) is 15.5. The molecule has 1 heterocycles. The summed E-state index contributed by atoms with van der Waals surface area (Å²) in [4.78, 5) is 1.44. The summed E-state index contributed by atoms with van der Waals surface area (Å²) in [6, 6.07) is 13.9. The van der Waals surface area contributed by atoms with Crippen molar-refractivity contribution in [1.82, 2.24) is 20.2 Å². The Bertz CT molecular complexity index is 775. The summed E-state index contributed by atoms with van der Waals surface area (Å²) in [5.74, 6) is 0.640. The molecule has 0 atom stereocenters. The average Bonchev–Trinajstić information content (AvgIpc) is 2.98. The third kappa shape index (κ3) is 4.10. The fourth-order valence-electron chi connectivity index (χ4n) is 1.96. The number of halogens is 3. The fraction of sp³-hybridized carbons (Fsp3) is 0.133. The summed E-state index contributed by atoms with van der Waals surface area (Å²) in [6.07, 6.45) is 0. The number of nitrogens with zero attached hydrogens (tertiary/aromatic N) is 4. The van der Waals surface area contributed by atoms with Crippen molar-refractivity contribution >= 4 is 15.9 Å². The molecule has 0 fully saturated rings. The number of ether oxygens (including phenoxy) is 1. The van der Waals surface area contributed by atoms with Gasteiger partial charge in [-0.15, -0.1) is 10.2 Å². The predicted octanol–water partition coefficient (Wildman–Crippen LogP) is 3.75. The number of aromatic nitrogens is 4. The van der Waals surface area contributed by atoms with Gasteiger partial charge >= 0.3 is 6.61 Å². The Kier molecular flexibility index (Phi) is 4.61.